The molecule has 0 unspecified atom stereocenters. The molecule has 0 aromatic heterocycles. The summed E-state index contributed by atoms with van der Waals surface area (Å²) in [6, 6.07) is 15.9. The molecule has 2 aromatic rings. The quantitative estimate of drug-likeness (QED) is 0.700. The van der Waals surface area contributed by atoms with Crippen molar-refractivity contribution in [2.45, 2.75) is 38.1 Å². The van der Waals surface area contributed by atoms with Gasteiger partial charge in [-0.1, -0.05) is 31.4 Å². The van der Waals surface area contributed by atoms with E-state index in [2.05, 4.69) is 10.6 Å². The first kappa shape index (κ1) is 20.2. The molecule has 0 heterocycles. The Balaban J connectivity index is 1.58. The summed E-state index contributed by atoms with van der Waals surface area (Å²) >= 11 is 0. The number of rotatable bonds is 8. The summed E-state index contributed by atoms with van der Waals surface area (Å²) < 4.78 is 5.80. The van der Waals surface area contributed by atoms with E-state index in [1.807, 2.05) is 61.5 Å². The molecule has 0 aliphatic heterocycles. The van der Waals surface area contributed by atoms with E-state index in [9.17, 15) is 4.79 Å². The van der Waals surface area contributed by atoms with Gasteiger partial charge >= 0.3 is 0 Å². The molecule has 0 spiro atoms. The third-order valence-corrected chi connectivity index (χ3v) is 5.05. The Bertz CT molecular complexity index is 753. The van der Waals surface area contributed by atoms with Crippen LogP contribution in [0.3, 0.4) is 0 Å². The second-order valence-electron chi connectivity index (χ2n) is 7.66. The molecule has 2 N–H and O–H groups in total. The molecule has 0 saturated heterocycles. The van der Waals surface area contributed by atoms with Gasteiger partial charge in [0.15, 0.2) is 0 Å². The van der Waals surface area contributed by atoms with Crippen molar-refractivity contribution >= 4 is 17.3 Å². The molecule has 1 aliphatic rings. The minimum Gasteiger partial charge on any atom is -0.491 e. The summed E-state index contributed by atoms with van der Waals surface area (Å²) in [4.78, 5) is 14.8. The number of anilines is 2. The minimum absolute atomic E-state index is 0.159. The Morgan fingerprint density at radius 1 is 1.00 bits per heavy atom. The van der Waals surface area contributed by atoms with E-state index in [4.69, 9.17) is 4.74 Å². The molecule has 5 nitrogen and oxygen atoms in total. The lowest BCUT2D eigenvalue weighted by Crippen LogP contribution is -2.22. The number of carbonyl (C=O) groups is 1. The molecule has 1 aliphatic carbocycles. The van der Waals surface area contributed by atoms with Crippen molar-refractivity contribution < 1.29 is 9.53 Å². The van der Waals surface area contributed by atoms with Gasteiger partial charge in [-0.3, -0.25) is 4.79 Å². The Morgan fingerprint density at radius 2 is 1.68 bits per heavy atom. The molecule has 1 amide bonds. The number of carbonyl (C=O) groups excluding carboxylic acids is 1. The van der Waals surface area contributed by atoms with Gasteiger partial charge < -0.3 is 20.3 Å². The number of benzene rings is 2. The van der Waals surface area contributed by atoms with Gasteiger partial charge in [0.1, 0.15) is 12.4 Å². The maximum atomic E-state index is 12.7. The molecule has 1 saturated carbocycles. The van der Waals surface area contributed by atoms with Crippen LogP contribution in [0.15, 0.2) is 48.5 Å². The fraction of sp³-hybridized carbons (Fsp3) is 0.435. The first-order chi connectivity index (χ1) is 13.6. The molecular weight excluding hydrogens is 350 g/mol. The van der Waals surface area contributed by atoms with E-state index >= 15 is 0 Å². The van der Waals surface area contributed by atoms with Crippen LogP contribution in [0.1, 0.15) is 42.5 Å². The van der Waals surface area contributed by atoms with Crippen LogP contribution in [-0.2, 0) is 0 Å². The predicted octanol–water partition coefficient (Wildman–Crippen LogP) is 4.62. The van der Waals surface area contributed by atoms with E-state index < -0.39 is 0 Å². The summed E-state index contributed by atoms with van der Waals surface area (Å²) in [7, 11) is 3.99. The second kappa shape index (κ2) is 10.1. The van der Waals surface area contributed by atoms with Crippen LogP contribution in [0.5, 0.6) is 5.75 Å². The summed E-state index contributed by atoms with van der Waals surface area (Å²) in [6.07, 6.45) is 6.44. The fourth-order valence-corrected chi connectivity index (χ4v) is 3.45. The number of ether oxygens (including phenoxy) is 1. The zero-order valence-electron chi connectivity index (χ0n) is 16.9. The van der Waals surface area contributed by atoms with E-state index in [0.717, 1.165) is 17.9 Å². The number of likely N-dealkylation sites (N-methyl/N-ethyl adjacent to an activating group) is 1. The average Bonchev–Trinajstić information content (AvgIpc) is 2.70. The first-order valence-corrected chi connectivity index (χ1v) is 10.2. The van der Waals surface area contributed by atoms with Crippen LogP contribution in [0.25, 0.3) is 0 Å². The summed E-state index contributed by atoms with van der Waals surface area (Å²) in [6.45, 7) is 1.34. The predicted molar refractivity (Wildman–Crippen MR) is 115 cm³/mol. The Kier molecular flexibility index (Phi) is 7.31. The Labute approximate surface area is 168 Å². The third kappa shape index (κ3) is 5.99. The Morgan fingerprint density at radius 3 is 2.39 bits per heavy atom. The Hall–Kier alpha value is -2.53. The molecule has 150 valence electrons. The number of hydrogen-bond donors (Lipinski definition) is 2. The molecule has 3 rings (SSSR count). The van der Waals surface area contributed by atoms with Crippen LogP contribution in [0, 0.1) is 0 Å². The van der Waals surface area contributed by atoms with Gasteiger partial charge in [-0.25, -0.2) is 0 Å². The minimum atomic E-state index is -0.159. The van der Waals surface area contributed by atoms with Crippen molar-refractivity contribution in [2.24, 2.45) is 0 Å². The highest BCUT2D eigenvalue weighted by Crippen LogP contribution is 2.24. The first-order valence-electron chi connectivity index (χ1n) is 10.2. The molecule has 28 heavy (non-hydrogen) atoms. The van der Waals surface area contributed by atoms with Crippen molar-refractivity contribution in [1.29, 1.82) is 0 Å². The van der Waals surface area contributed by atoms with E-state index in [1.54, 1.807) is 6.07 Å². The van der Waals surface area contributed by atoms with Gasteiger partial charge in [0.05, 0.1) is 5.56 Å². The van der Waals surface area contributed by atoms with Crippen molar-refractivity contribution in [3.8, 4) is 5.75 Å². The number of nitrogens with zero attached hydrogens (tertiary/aromatic N) is 1. The number of para-hydroxylation sites is 1. The lowest BCUT2D eigenvalue weighted by molar-refractivity contribution is 0.102. The highest BCUT2D eigenvalue weighted by Gasteiger charge is 2.14. The van der Waals surface area contributed by atoms with Crippen molar-refractivity contribution in [3.05, 3.63) is 54.1 Å². The van der Waals surface area contributed by atoms with Gasteiger partial charge in [0.2, 0.25) is 0 Å². The summed E-state index contributed by atoms with van der Waals surface area (Å²) in [5.74, 6) is 0.450. The molecule has 0 radical (unpaired) electrons. The molecule has 0 atom stereocenters. The number of hydrogen-bond acceptors (Lipinski definition) is 4. The lowest BCUT2D eigenvalue weighted by atomic mass is 9.95. The highest BCUT2D eigenvalue weighted by molar-refractivity contribution is 6.06. The summed E-state index contributed by atoms with van der Waals surface area (Å²) in [5.41, 5.74) is 2.44. The fourth-order valence-electron chi connectivity index (χ4n) is 3.45. The van der Waals surface area contributed by atoms with E-state index in [1.165, 1.54) is 32.1 Å². The van der Waals surface area contributed by atoms with Crippen LogP contribution in [-0.4, -0.2) is 44.1 Å². The van der Waals surface area contributed by atoms with Gasteiger partial charge in [-0.15, -0.1) is 0 Å². The second-order valence-corrected chi connectivity index (χ2v) is 7.66. The zero-order chi connectivity index (χ0) is 19.8. The van der Waals surface area contributed by atoms with Crippen LogP contribution >= 0.6 is 0 Å². The lowest BCUT2D eigenvalue weighted by Gasteiger charge is -2.24. The van der Waals surface area contributed by atoms with E-state index in [0.29, 0.717) is 24.0 Å². The normalized spacial score (nSPS) is 14.7. The monoisotopic (exact) mass is 381 g/mol. The van der Waals surface area contributed by atoms with Gasteiger partial charge in [-0.2, -0.15) is 0 Å². The van der Waals surface area contributed by atoms with Crippen molar-refractivity contribution in [2.75, 3.05) is 37.9 Å². The average molecular weight is 382 g/mol. The highest BCUT2D eigenvalue weighted by atomic mass is 16.5. The van der Waals surface area contributed by atoms with Crippen LogP contribution in [0.4, 0.5) is 11.4 Å². The summed E-state index contributed by atoms with van der Waals surface area (Å²) in [5, 5.41) is 6.57. The molecule has 2 aromatic carbocycles. The van der Waals surface area contributed by atoms with Crippen LogP contribution in [0.2, 0.25) is 0 Å². The smallest absolute Gasteiger partial charge is 0.259 e. The van der Waals surface area contributed by atoms with Crippen LogP contribution < -0.4 is 15.4 Å². The molecule has 0 bridgehead atoms. The number of amides is 1. The standard InChI is InChI=1S/C23H31N3O2/c1-26(2)16-17-28-22-11-7-6-10-21(22)23(27)25-20-14-12-19(13-15-20)24-18-8-4-3-5-9-18/h6-7,10-15,18,24H,3-5,8-9,16-17H2,1-2H3,(H,25,27). The maximum Gasteiger partial charge on any atom is 0.259 e. The van der Waals surface area contributed by atoms with Crippen molar-refractivity contribution in [3.63, 3.8) is 0 Å². The molecule has 5 heteroatoms. The van der Waals surface area contributed by atoms with Gasteiger partial charge in [0.25, 0.3) is 5.91 Å². The zero-order valence-corrected chi connectivity index (χ0v) is 16.9. The molecule has 1 fully saturated rings. The topological polar surface area (TPSA) is 53.6 Å². The molecular formula is C23H31N3O2. The number of nitrogens with one attached hydrogen (secondary N) is 2. The van der Waals surface area contributed by atoms with Crippen molar-refractivity contribution in [1.82, 2.24) is 4.90 Å². The SMILES string of the molecule is CN(C)CCOc1ccccc1C(=O)Nc1ccc(NC2CCCCC2)cc1. The van der Waals surface area contributed by atoms with E-state index in [-0.39, 0.29) is 5.91 Å². The largest absolute Gasteiger partial charge is 0.491 e. The van der Waals surface area contributed by atoms with Gasteiger partial charge in [-0.05, 0) is 63.3 Å². The maximum absolute atomic E-state index is 12.7. The third-order valence-electron chi connectivity index (χ3n) is 5.05. The van der Waals surface area contributed by atoms with Gasteiger partial charge in [0, 0.05) is 24.0 Å².